The van der Waals surface area contributed by atoms with E-state index in [-0.39, 0.29) is 50.1 Å². The van der Waals surface area contributed by atoms with Crippen molar-refractivity contribution in [1.82, 2.24) is 0 Å². The lowest BCUT2D eigenvalue weighted by atomic mass is 9.44. The van der Waals surface area contributed by atoms with Gasteiger partial charge in [0, 0.05) is 33.5 Å². The highest BCUT2D eigenvalue weighted by Crippen LogP contribution is 2.72. The van der Waals surface area contributed by atoms with Crippen LogP contribution in [0.1, 0.15) is 92.9 Å². The van der Waals surface area contributed by atoms with E-state index in [0.29, 0.717) is 24.0 Å². The van der Waals surface area contributed by atoms with Crippen LogP contribution in [0.4, 0.5) is 8.78 Å². The number of hydrogen-bond acceptors (Lipinski definition) is 11. The first-order valence-corrected chi connectivity index (χ1v) is 22.5. The normalized spacial score (nSPS) is 51.9. The van der Waals surface area contributed by atoms with Crippen LogP contribution in [-0.4, -0.2) is 96.4 Å². The second kappa shape index (κ2) is 13.2. The van der Waals surface area contributed by atoms with Gasteiger partial charge in [0.2, 0.25) is 0 Å². The fourth-order valence-electron chi connectivity index (χ4n) is 14.8. The number of phosphoric acid groups is 1. The molecule has 0 aliphatic heterocycles. The molecule has 0 heterocycles. The number of halogens is 2. The van der Waals surface area contributed by atoms with Crippen LogP contribution in [0, 0.1) is 57.2 Å². The third kappa shape index (κ3) is 5.27. The predicted molar refractivity (Wildman–Crippen MR) is 207 cm³/mol. The molecular weight excluding hydrogens is 789 g/mol. The summed E-state index contributed by atoms with van der Waals surface area (Å²) in [5, 5.41) is 47.8. The summed E-state index contributed by atoms with van der Waals surface area (Å²) in [5.41, 5.74) is -13.0. The maximum atomic E-state index is 17.6. The fourth-order valence-corrected chi connectivity index (χ4v) is 15.5. The van der Waals surface area contributed by atoms with Gasteiger partial charge in [-0.2, -0.15) is 0 Å². The van der Waals surface area contributed by atoms with Crippen molar-refractivity contribution in [2.75, 3.05) is 13.2 Å². The van der Waals surface area contributed by atoms with E-state index in [1.54, 1.807) is 41.5 Å². The van der Waals surface area contributed by atoms with Gasteiger partial charge in [-0.15, -0.1) is 0 Å². The van der Waals surface area contributed by atoms with Gasteiger partial charge >= 0.3 is 7.82 Å². The zero-order valence-corrected chi connectivity index (χ0v) is 35.3. The lowest BCUT2D eigenvalue weighted by molar-refractivity contribution is -0.219. The van der Waals surface area contributed by atoms with Gasteiger partial charge in [0.1, 0.15) is 24.4 Å². The number of aliphatic hydroxyl groups is 4. The molecule has 6 saturated carbocycles. The molecular formula is C44H57F2O12P. The molecule has 324 valence electrons. The van der Waals surface area contributed by atoms with E-state index in [9.17, 15) is 49.1 Å². The first-order valence-electron chi connectivity index (χ1n) is 21.0. The molecule has 8 aliphatic rings. The van der Waals surface area contributed by atoms with E-state index >= 15 is 8.78 Å². The van der Waals surface area contributed by atoms with Crippen molar-refractivity contribution in [3.8, 4) is 0 Å². The number of carbonyl (C=O) groups is 4. The van der Waals surface area contributed by atoms with Crippen LogP contribution in [0.25, 0.3) is 0 Å². The highest BCUT2D eigenvalue weighted by molar-refractivity contribution is 7.47. The summed E-state index contributed by atoms with van der Waals surface area (Å²) < 4.78 is 58.6. The van der Waals surface area contributed by atoms with Crippen LogP contribution in [0.15, 0.2) is 47.6 Å². The van der Waals surface area contributed by atoms with E-state index in [2.05, 4.69) is 0 Å². The zero-order valence-electron chi connectivity index (χ0n) is 34.5. The van der Waals surface area contributed by atoms with Crippen molar-refractivity contribution in [3.63, 3.8) is 0 Å². The largest absolute Gasteiger partial charge is 0.473 e. The summed E-state index contributed by atoms with van der Waals surface area (Å²) in [5.74, 6) is -6.78. The Balaban J connectivity index is 0.959. The number of hydrogen-bond donors (Lipinski definition) is 5. The number of alkyl halides is 2. The van der Waals surface area contributed by atoms with Crippen molar-refractivity contribution in [2.24, 2.45) is 57.2 Å². The van der Waals surface area contributed by atoms with Crippen molar-refractivity contribution < 1.29 is 66.9 Å². The van der Waals surface area contributed by atoms with E-state index in [4.69, 9.17) is 9.05 Å². The number of carbonyl (C=O) groups excluding carboxylic acids is 4. The van der Waals surface area contributed by atoms with Crippen molar-refractivity contribution in [1.29, 1.82) is 0 Å². The van der Waals surface area contributed by atoms with Gasteiger partial charge in [0.05, 0.1) is 12.2 Å². The minimum Gasteiger partial charge on any atom is -0.390 e. The third-order valence-electron chi connectivity index (χ3n) is 18.0. The monoisotopic (exact) mass is 846 g/mol. The number of aliphatic hydroxyl groups excluding tert-OH is 2. The van der Waals surface area contributed by atoms with Crippen LogP contribution in [0.3, 0.4) is 0 Å². The summed E-state index contributed by atoms with van der Waals surface area (Å²) in [4.78, 5) is 63.2. The lowest BCUT2D eigenvalue weighted by Crippen LogP contribution is -2.69. The molecule has 0 aromatic carbocycles. The number of allylic oxidation sites excluding steroid dienone is 8. The Labute approximate surface area is 342 Å². The van der Waals surface area contributed by atoms with Crippen LogP contribution >= 0.6 is 7.82 Å². The van der Waals surface area contributed by atoms with E-state index in [1.165, 1.54) is 36.5 Å². The van der Waals surface area contributed by atoms with E-state index in [0.717, 1.165) is 0 Å². The Bertz CT molecular complexity index is 1940. The SMILES string of the molecule is C[C@@H]1C[C@H]2[C@@H]3CCC4=CC(=O)C=C[C@]4(C)[C@@]3(F)[C@@H](O)C[C@]2(C)[C@@]1(O)C(=O)COP(=O)(O)OCC(=O)[C@@]1(O)[C@@H](C)C[C@H]2[C@@H]3CCC4=CC(=O)C=C[C@]4(C)[C@@]3(F)[C@H](O)C[C@@]21C. The van der Waals surface area contributed by atoms with E-state index in [1.807, 2.05) is 0 Å². The Morgan fingerprint density at radius 3 is 1.42 bits per heavy atom. The maximum Gasteiger partial charge on any atom is 0.473 e. The molecule has 0 spiro atoms. The van der Waals surface area contributed by atoms with Crippen LogP contribution in [0.5, 0.6) is 0 Å². The van der Waals surface area contributed by atoms with E-state index < -0.39 is 125 Å². The lowest BCUT2D eigenvalue weighted by Gasteiger charge is -2.62. The average molecular weight is 847 g/mol. The molecule has 59 heavy (non-hydrogen) atoms. The highest BCUT2D eigenvalue weighted by Gasteiger charge is 2.77. The van der Waals surface area contributed by atoms with Crippen LogP contribution in [0.2, 0.25) is 0 Å². The Hall–Kier alpha value is -2.55. The first kappa shape index (κ1) is 43.1. The number of Topliss-reactive ketones (excluding diaryl/α,β-unsaturated/α-hetero) is 2. The Morgan fingerprint density at radius 2 is 1.07 bits per heavy atom. The van der Waals surface area contributed by atoms with Crippen LogP contribution in [-0.2, 0) is 32.8 Å². The predicted octanol–water partition coefficient (Wildman–Crippen LogP) is 4.95. The molecule has 8 aliphatic carbocycles. The topological polar surface area (TPSA) is 205 Å². The number of fused-ring (bicyclic) bond motifs is 10. The van der Waals surface area contributed by atoms with Gasteiger partial charge in [-0.3, -0.25) is 28.2 Å². The van der Waals surface area contributed by atoms with Gasteiger partial charge in [0.15, 0.2) is 34.5 Å². The zero-order chi connectivity index (χ0) is 43.3. The van der Waals surface area contributed by atoms with Gasteiger partial charge in [0.25, 0.3) is 0 Å². The second-order valence-corrected chi connectivity index (χ2v) is 21.7. The molecule has 0 saturated heterocycles. The summed E-state index contributed by atoms with van der Waals surface area (Å²) in [6, 6.07) is 0. The molecule has 5 N–H and O–H groups in total. The standard InChI is InChI=1S/C44H57F2O12P/c1-23-15-31-29-9-7-25-17-27(47)11-13-37(25,3)41(29,45)33(49)19-39(31,5)43(23,53)35(51)21-57-59(55,56)58-22-36(52)44(54)24(2)16-32-30-10-8-26-18-28(48)12-14-38(26,4)42(30,46)34(50)20-40(32,44)6/h11-14,17-18,23-24,29-34,49-50,53-54H,7-10,15-16,19-22H2,1-6H3,(H,55,56)/t23-,24+,29-,30-,31-,32-,33+,34-,37-,38-,39-,40-,41-,42-,43-,44-/m0/s1. The molecule has 8 rings (SSSR count). The molecule has 15 heteroatoms. The molecule has 0 aromatic heterocycles. The molecule has 0 aromatic rings. The first-order chi connectivity index (χ1) is 27.2. The third-order valence-corrected chi connectivity index (χ3v) is 18.9. The maximum absolute atomic E-state index is 17.6. The summed E-state index contributed by atoms with van der Waals surface area (Å²) >= 11 is 0. The molecule has 0 amide bonds. The molecule has 6 fully saturated rings. The number of ketones is 4. The fraction of sp³-hybridized carbons (Fsp3) is 0.727. The Morgan fingerprint density at radius 1 is 0.712 bits per heavy atom. The average Bonchev–Trinajstić information content (AvgIpc) is 3.49. The van der Waals surface area contributed by atoms with Crippen molar-refractivity contribution in [3.05, 3.63) is 47.6 Å². The molecule has 12 nitrogen and oxygen atoms in total. The number of phosphoric ester groups is 1. The van der Waals surface area contributed by atoms with Gasteiger partial charge in [-0.1, -0.05) is 51.0 Å². The van der Waals surface area contributed by atoms with Crippen molar-refractivity contribution >= 4 is 31.0 Å². The summed E-state index contributed by atoms with van der Waals surface area (Å²) in [6.07, 6.45) is 6.31. The number of rotatable bonds is 8. The van der Waals surface area contributed by atoms with Crippen LogP contribution < -0.4 is 0 Å². The van der Waals surface area contributed by atoms with Gasteiger partial charge in [-0.05, 0) is 113 Å². The second-order valence-electron chi connectivity index (χ2n) is 20.2. The van der Waals surface area contributed by atoms with Gasteiger partial charge in [-0.25, -0.2) is 13.3 Å². The molecule has 17 atom stereocenters. The highest BCUT2D eigenvalue weighted by atomic mass is 31.2. The Kier molecular flexibility index (Phi) is 9.67. The van der Waals surface area contributed by atoms with Gasteiger partial charge < -0.3 is 25.3 Å². The molecule has 0 bridgehead atoms. The molecule has 1 unspecified atom stereocenters. The smallest absolute Gasteiger partial charge is 0.390 e. The minimum absolute atomic E-state index is 0.213. The minimum atomic E-state index is -5.22. The summed E-state index contributed by atoms with van der Waals surface area (Å²) in [7, 11) is -5.22. The molecule has 0 radical (unpaired) electrons. The summed E-state index contributed by atoms with van der Waals surface area (Å²) in [6.45, 7) is 7.56. The quantitative estimate of drug-likeness (QED) is 0.206. The van der Waals surface area contributed by atoms with Crippen molar-refractivity contribution in [2.45, 2.75) is 128 Å².